The summed E-state index contributed by atoms with van der Waals surface area (Å²) in [6, 6.07) is 6.79. The molecule has 0 aliphatic carbocycles. The lowest BCUT2D eigenvalue weighted by atomic mass is 9.86. The van der Waals surface area contributed by atoms with Crippen LogP contribution in [0, 0.1) is 6.92 Å². The summed E-state index contributed by atoms with van der Waals surface area (Å²) in [5, 5.41) is 0. The van der Waals surface area contributed by atoms with Crippen LogP contribution >= 0.6 is 0 Å². The second-order valence-corrected chi connectivity index (χ2v) is 6.82. The standard InChI is InChI=1S/C18H26N2O/c1-6-17(21)20-9-7-19(8-10-20)16-12-14(2)11-15(13-16)18(3,4)5/h6,11-13H,1,7-10H2,2-5H3. The number of nitrogens with zero attached hydrogens (tertiary/aromatic N) is 2. The predicted molar refractivity (Wildman–Crippen MR) is 88.9 cm³/mol. The van der Waals surface area contributed by atoms with E-state index < -0.39 is 0 Å². The van der Waals surface area contributed by atoms with Crippen molar-refractivity contribution in [1.29, 1.82) is 0 Å². The molecule has 0 bridgehead atoms. The Bertz CT molecular complexity index is 535. The van der Waals surface area contributed by atoms with Gasteiger partial charge in [-0.3, -0.25) is 4.79 Å². The maximum Gasteiger partial charge on any atom is 0.246 e. The first-order chi connectivity index (χ1) is 9.81. The molecule has 1 aromatic rings. The van der Waals surface area contributed by atoms with Crippen molar-refractivity contribution in [2.75, 3.05) is 31.1 Å². The minimum Gasteiger partial charge on any atom is -0.368 e. The summed E-state index contributed by atoms with van der Waals surface area (Å²) < 4.78 is 0. The molecule has 1 aromatic carbocycles. The molecule has 0 saturated carbocycles. The van der Waals surface area contributed by atoms with Gasteiger partial charge in [-0.15, -0.1) is 0 Å². The van der Waals surface area contributed by atoms with Crippen LogP contribution in [0.15, 0.2) is 30.9 Å². The molecule has 0 atom stereocenters. The number of hydrogen-bond acceptors (Lipinski definition) is 2. The van der Waals surface area contributed by atoms with Crippen LogP contribution in [0.25, 0.3) is 0 Å². The highest BCUT2D eigenvalue weighted by molar-refractivity contribution is 5.87. The SMILES string of the molecule is C=CC(=O)N1CCN(c2cc(C)cc(C(C)(C)C)c2)CC1. The number of rotatable bonds is 2. The van der Waals surface area contributed by atoms with E-state index in [1.807, 2.05) is 4.90 Å². The zero-order valence-corrected chi connectivity index (χ0v) is 13.6. The number of piperazine rings is 1. The fourth-order valence-electron chi connectivity index (χ4n) is 2.69. The van der Waals surface area contributed by atoms with E-state index in [9.17, 15) is 4.79 Å². The van der Waals surface area contributed by atoms with Crippen molar-refractivity contribution in [3.63, 3.8) is 0 Å². The molecule has 2 rings (SSSR count). The van der Waals surface area contributed by atoms with Crippen LogP contribution in [-0.4, -0.2) is 37.0 Å². The summed E-state index contributed by atoms with van der Waals surface area (Å²) in [6.07, 6.45) is 1.40. The maximum atomic E-state index is 11.6. The molecule has 0 N–H and O–H groups in total. The average Bonchev–Trinajstić information content (AvgIpc) is 2.45. The lowest BCUT2D eigenvalue weighted by molar-refractivity contribution is -0.126. The van der Waals surface area contributed by atoms with Gasteiger partial charge in [0.2, 0.25) is 5.91 Å². The second-order valence-electron chi connectivity index (χ2n) is 6.82. The average molecular weight is 286 g/mol. The van der Waals surface area contributed by atoms with E-state index in [2.05, 4.69) is 57.4 Å². The van der Waals surface area contributed by atoms with Gasteiger partial charge in [-0.25, -0.2) is 0 Å². The van der Waals surface area contributed by atoms with Crippen molar-refractivity contribution >= 4 is 11.6 Å². The molecular weight excluding hydrogens is 260 g/mol. The number of carbonyl (C=O) groups is 1. The Kier molecular flexibility index (Phi) is 4.40. The van der Waals surface area contributed by atoms with Crippen LogP contribution < -0.4 is 4.90 Å². The molecule has 3 heteroatoms. The number of amides is 1. The Morgan fingerprint density at radius 3 is 2.29 bits per heavy atom. The maximum absolute atomic E-state index is 11.6. The number of aryl methyl sites for hydroxylation is 1. The highest BCUT2D eigenvalue weighted by atomic mass is 16.2. The van der Waals surface area contributed by atoms with Crippen LogP contribution in [0.5, 0.6) is 0 Å². The Labute approximate surface area is 128 Å². The van der Waals surface area contributed by atoms with Crippen LogP contribution in [-0.2, 0) is 10.2 Å². The van der Waals surface area contributed by atoms with Crippen molar-refractivity contribution in [2.45, 2.75) is 33.1 Å². The van der Waals surface area contributed by atoms with E-state index in [0.29, 0.717) is 0 Å². The van der Waals surface area contributed by atoms with E-state index in [0.717, 1.165) is 26.2 Å². The normalized spacial score (nSPS) is 16.0. The molecule has 1 heterocycles. The van der Waals surface area contributed by atoms with Crippen LogP contribution in [0.2, 0.25) is 0 Å². The molecule has 3 nitrogen and oxygen atoms in total. The van der Waals surface area contributed by atoms with Gasteiger partial charge in [0.25, 0.3) is 0 Å². The molecule has 114 valence electrons. The van der Waals surface area contributed by atoms with Crippen molar-refractivity contribution in [1.82, 2.24) is 4.90 Å². The van der Waals surface area contributed by atoms with Crippen LogP contribution in [0.4, 0.5) is 5.69 Å². The van der Waals surface area contributed by atoms with Crippen molar-refractivity contribution in [2.24, 2.45) is 0 Å². The number of anilines is 1. The summed E-state index contributed by atoms with van der Waals surface area (Å²) in [5.74, 6) is 0.0364. The van der Waals surface area contributed by atoms with E-state index >= 15 is 0 Å². The molecule has 1 aliphatic rings. The number of benzene rings is 1. The lowest BCUT2D eigenvalue weighted by Crippen LogP contribution is -2.48. The van der Waals surface area contributed by atoms with E-state index in [-0.39, 0.29) is 11.3 Å². The van der Waals surface area contributed by atoms with Crippen molar-refractivity contribution < 1.29 is 4.79 Å². The van der Waals surface area contributed by atoms with E-state index in [4.69, 9.17) is 0 Å². The van der Waals surface area contributed by atoms with Crippen LogP contribution in [0.1, 0.15) is 31.9 Å². The molecule has 0 spiro atoms. The Morgan fingerprint density at radius 1 is 1.14 bits per heavy atom. The molecule has 1 saturated heterocycles. The first-order valence-corrected chi connectivity index (χ1v) is 7.60. The third-order valence-electron chi connectivity index (χ3n) is 4.06. The van der Waals surface area contributed by atoms with Gasteiger partial charge in [0.15, 0.2) is 0 Å². The quantitative estimate of drug-likeness (QED) is 0.780. The van der Waals surface area contributed by atoms with Crippen molar-refractivity contribution in [3.8, 4) is 0 Å². The topological polar surface area (TPSA) is 23.6 Å². The Morgan fingerprint density at radius 2 is 1.76 bits per heavy atom. The van der Waals surface area contributed by atoms with Gasteiger partial charge >= 0.3 is 0 Å². The Balaban J connectivity index is 2.15. The monoisotopic (exact) mass is 286 g/mol. The van der Waals surface area contributed by atoms with E-state index in [1.165, 1.54) is 22.9 Å². The minimum atomic E-state index is 0.0364. The zero-order chi connectivity index (χ0) is 15.6. The van der Waals surface area contributed by atoms with Gasteiger partial charge in [-0.05, 0) is 41.7 Å². The smallest absolute Gasteiger partial charge is 0.246 e. The lowest BCUT2D eigenvalue weighted by Gasteiger charge is -2.36. The summed E-state index contributed by atoms with van der Waals surface area (Å²) in [4.78, 5) is 15.9. The highest BCUT2D eigenvalue weighted by Crippen LogP contribution is 2.28. The van der Waals surface area contributed by atoms with E-state index in [1.54, 1.807) is 0 Å². The van der Waals surface area contributed by atoms with Gasteiger partial charge in [0, 0.05) is 31.9 Å². The summed E-state index contributed by atoms with van der Waals surface area (Å²) in [6.45, 7) is 15.7. The van der Waals surface area contributed by atoms with Crippen molar-refractivity contribution in [3.05, 3.63) is 42.0 Å². The first-order valence-electron chi connectivity index (χ1n) is 7.60. The van der Waals surface area contributed by atoms with Gasteiger partial charge in [-0.2, -0.15) is 0 Å². The van der Waals surface area contributed by atoms with Gasteiger partial charge in [0.05, 0.1) is 0 Å². The minimum absolute atomic E-state index is 0.0364. The van der Waals surface area contributed by atoms with Crippen LogP contribution in [0.3, 0.4) is 0 Å². The van der Waals surface area contributed by atoms with Gasteiger partial charge < -0.3 is 9.80 Å². The first kappa shape index (κ1) is 15.6. The summed E-state index contributed by atoms with van der Waals surface area (Å²) in [7, 11) is 0. The molecule has 0 aromatic heterocycles. The third kappa shape index (κ3) is 3.66. The third-order valence-corrected chi connectivity index (χ3v) is 4.06. The Hall–Kier alpha value is -1.77. The zero-order valence-electron chi connectivity index (χ0n) is 13.6. The van der Waals surface area contributed by atoms with Gasteiger partial charge in [0.1, 0.15) is 0 Å². The highest BCUT2D eigenvalue weighted by Gasteiger charge is 2.21. The molecule has 0 unspecified atom stereocenters. The molecule has 0 radical (unpaired) electrons. The molecule has 21 heavy (non-hydrogen) atoms. The summed E-state index contributed by atoms with van der Waals surface area (Å²) >= 11 is 0. The molecule has 1 amide bonds. The molecular formula is C18H26N2O. The fourth-order valence-corrected chi connectivity index (χ4v) is 2.69. The fraction of sp³-hybridized carbons (Fsp3) is 0.500. The number of carbonyl (C=O) groups excluding carboxylic acids is 1. The second kappa shape index (κ2) is 5.92. The molecule has 1 fully saturated rings. The predicted octanol–water partition coefficient (Wildman–Crippen LogP) is 3.13. The molecule has 1 aliphatic heterocycles. The van der Waals surface area contributed by atoms with Gasteiger partial charge in [-0.1, -0.05) is 33.4 Å². The largest absolute Gasteiger partial charge is 0.368 e. The summed E-state index contributed by atoms with van der Waals surface area (Å²) in [5.41, 5.74) is 4.08. The number of hydrogen-bond donors (Lipinski definition) is 0.